The number of amides is 2. The molecule has 2 aromatic rings. The van der Waals surface area contributed by atoms with Crippen molar-refractivity contribution in [2.45, 2.75) is 19.3 Å². The fourth-order valence-electron chi connectivity index (χ4n) is 2.27. The molecule has 6 heteroatoms. The number of nitrogens with two attached hydrogens (primary N) is 1. The van der Waals surface area contributed by atoms with Gasteiger partial charge in [-0.3, -0.25) is 9.59 Å². The zero-order valence-electron chi connectivity index (χ0n) is 13.8. The van der Waals surface area contributed by atoms with Crippen molar-refractivity contribution in [1.82, 2.24) is 5.32 Å². The Kier molecular flexibility index (Phi) is 7.29. The Hall–Kier alpha value is -2.53. The zero-order valence-corrected chi connectivity index (χ0v) is 14.6. The molecule has 5 nitrogen and oxygen atoms in total. The van der Waals surface area contributed by atoms with Crippen molar-refractivity contribution < 1.29 is 14.3 Å². The fourth-order valence-corrected chi connectivity index (χ4v) is 2.39. The highest BCUT2D eigenvalue weighted by Gasteiger charge is 2.04. The first-order valence-electron chi connectivity index (χ1n) is 8.08. The van der Waals surface area contributed by atoms with E-state index in [2.05, 4.69) is 5.32 Å². The first kappa shape index (κ1) is 18.8. The minimum atomic E-state index is -0.452. The molecule has 3 N–H and O–H groups in total. The SMILES string of the molecule is NC(=O)c1cccc(CCNC(=O)CCCOc2ccc(Cl)cc2)c1. The van der Waals surface area contributed by atoms with E-state index in [0.717, 1.165) is 11.3 Å². The molecule has 0 aliphatic heterocycles. The van der Waals surface area contributed by atoms with Gasteiger partial charge >= 0.3 is 0 Å². The molecule has 0 saturated carbocycles. The molecule has 2 rings (SSSR count). The van der Waals surface area contributed by atoms with Crippen LogP contribution in [0, 0.1) is 0 Å². The van der Waals surface area contributed by atoms with Crippen LogP contribution in [-0.4, -0.2) is 25.0 Å². The average molecular weight is 361 g/mol. The van der Waals surface area contributed by atoms with Crippen LogP contribution in [0.4, 0.5) is 0 Å². The molecule has 0 spiro atoms. The molecule has 0 radical (unpaired) electrons. The van der Waals surface area contributed by atoms with Crippen molar-refractivity contribution in [2.24, 2.45) is 5.73 Å². The molecule has 132 valence electrons. The van der Waals surface area contributed by atoms with Crippen molar-refractivity contribution in [3.05, 3.63) is 64.7 Å². The van der Waals surface area contributed by atoms with E-state index in [4.69, 9.17) is 22.1 Å². The Labute approximate surface area is 152 Å². The van der Waals surface area contributed by atoms with Gasteiger partial charge in [-0.1, -0.05) is 23.7 Å². The van der Waals surface area contributed by atoms with Gasteiger partial charge in [0.1, 0.15) is 5.75 Å². The van der Waals surface area contributed by atoms with Crippen LogP contribution in [0.1, 0.15) is 28.8 Å². The predicted molar refractivity (Wildman–Crippen MR) is 97.9 cm³/mol. The van der Waals surface area contributed by atoms with Gasteiger partial charge in [-0.05, 0) is 54.8 Å². The summed E-state index contributed by atoms with van der Waals surface area (Å²) in [4.78, 5) is 22.9. The third-order valence-corrected chi connectivity index (χ3v) is 3.83. The molecule has 0 saturated heterocycles. The number of rotatable bonds is 9. The van der Waals surface area contributed by atoms with Gasteiger partial charge in [0.05, 0.1) is 6.61 Å². The van der Waals surface area contributed by atoms with Crippen LogP contribution < -0.4 is 15.8 Å². The number of hydrogen-bond donors (Lipinski definition) is 2. The summed E-state index contributed by atoms with van der Waals surface area (Å²) in [5.74, 6) is 0.261. The molecule has 0 aliphatic rings. The number of ether oxygens (including phenoxy) is 1. The Morgan fingerprint density at radius 1 is 1.12 bits per heavy atom. The van der Waals surface area contributed by atoms with Gasteiger partial charge in [-0.25, -0.2) is 0 Å². The van der Waals surface area contributed by atoms with Crippen LogP contribution in [0.5, 0.6) is 5.75 Å². The maximum Gasteiger partial charge on any atom is 0.248 e. The quantitative estimate of drug-likeness (QED) is 0.674. The lowest BCUT2D eigenvalue weighted by Gasteiger charge is -2.08. The minimum absolute atomic E-state index is 0.0224. The molecule has 25 heavy (non-hydrogen) atoms. The van der Waals surface area contributed by atoms with Crippen LogP contribution in [0.25, 0.3) is 0 Å². The Bertz CT molecular complexity index is 717. The largest absolute Gasteiger partial charge is 0.494 e. The highest BCUT2D eigenvalue weighted by Crippen LogP contribution is 2.15. The molecular formula is C19H21ClN2O3. The van der Waals surface area contributed by atoms with E-state index in [0.29, 0.717) is 43.0 Å². The van der Waals surface area contributed by atoms with Gasteiger partial charge in [0.25, 0.3) is 0 Å². The minimum Gasteiger partial charge on any atom is -0.494 e. The van der Waals surface area contributed by atoms with Crippen LogP contribution in [0.2, 0.25) is 5.02 Å². The van der Waals surface area contributed by atoms with Gasteiger partial charge in [0.2, 0.25) is 11.8 Å². The maximum atomic E-state index is 11.8. The monoisotopic (exact) mass is 360 g/mol. The molecule has 0 heterocycles. The summed E-state index contributed by atoms with van der Waals surface area (Å²) in [5, 5.41) is 3.52. The first-order valence-corrected chi connectivity index (χ1v) is 8.46. The molecule has 2 aromatic carbocycles. The molecular weight excluding hydrogens is 340 g/mol. The highest BCUT2D eigenvalue weighted by molar-refractivity contribution is 6.30. The predicted octanol–water partition coefficient (Wildman–Crippen LogP) is 2.96. The van der Waals surface area contributed by atoms with Crippen molar-refractivity contribution in [3.8, 4) is 5.75 Å². The van der Waals surface area contributed by atoms with Gasteiger partial charge in [-0.2, -0.15) is 0 Å². The van der Waals surface area contributed by atoms with Gasteiger partial charge in [0, 0.05) is 23.6 Å². The average Bonchev–Trinajstić information content (AvgIpc) is 2.60. The number of benzene rings is 2. The second-order valence-corrected chi connectivity index (χ2v) is 6.01. The Morgan fingerprint density at radius 2 is 1.88 bits per heavy atom. The van der Waals surface area contributed by atoms with Crippen molar-refractivity contribution >= 4 is 23.4 Å². The molecule has 0 atom stereocenters. The molecule has 0 aliphatic carbocycles. The smallest absolute Gasteiger partial charge is 0.248 e. The first-order chi connectivity index (χ1) is 12.0. The molecule has 0 aromatic heterocycles. The fraction of sp³-hybridized carbons (Fsp3) is 0.263. The number of halogens is 1. The Balaban J connectivity index is 1.61. The van der Waals surface area contributed by atoms with Crippen molar-refractivity contribution in [3.63, 3.8) is 0 Å². The topological polar surface area (TPSA) is 81.4 Å². The van der Waals surface area contributed by atoms with E-state index < -0.39 is 5.91 Å². The number of primary amides is 1. The van der Waals surface area contributed by atoms with Crippen molar-refractivity contribution in [2.75, 3.05) is 13.2 Å². The summed E-state index contributed by atoms with van der Waals surface area (Å²) in [6, 6.07) is 14.2. The lowest BCUT2D eigenvalue weighted by molar-refractivity contribution is -0.121. The summed E-state index contributed by atoms with van der Waals surface area (Å²) >= 11 is 5.80. The van der Waals surface area contributed by atoms with Crippen LogP contribution in [-0.2, 0) is 11.2 Å². The van der Waals surface area contributed by atoms with E-state index >= 15 is 0 Å². The summed E-state index contributed by atoms with van der Waals surface area (Å²) < 4.78 is 5.54. The van der Waals surface area contributed by atoms with Crippen LogP contribution >= 0.6 is 11.6 Å². The zero-order chi connectivity index (χ0) is 18.1. The Morgan fingerprint density at radius 3 is 2.60 bits per heavy atom. The molecule has 2 amide bonds. The van der Waals surface area contributed by atoms with Gasteiger partial charge in [0.15, 0.2) is 0 Å². The van der Waals surface area contributed by atoms with E-state index in [1.54, 1.807) is 42.5 Å². The van der Waals surface area contributed by atoms with Gasteiger partial charge in [-0.15, -0.1) is 0 Å². The van der Waals surface area contributed by atoms with E-state index in [1.807, 2.05) is 6.07 Å². The summed E-state index contributed by atoms with van der Waals surface area (Å²) in [6.45, 7) is 0.981. The number of carbonyl (C=O) groups is 2. The van der Waals surface area contributed by atoms with E-state index in [1.165, 1.54) is 0 Å². The van der Waals surface area contributed by atoms with Crippen LogP contribution in [0.3, 0.4) is 0 Å². The summed E-state index contributed by atoms with van der Waals surface area (Å²) in [5.41, 5.74) is 6.69. The highest BCUT2D eigenvalue weighted by atomic mass is 35.5. The standard InChI is InChI=1S/C19H21ClN2O3/c20-16-6-8-17(9-7-16)25-12-2-5-18(23)22-11-10-14-3-1-4-15(13-14)19(21)24/h1,3-4,6-9,13H,2,5,10-12H2,(H2,21,24)(H,22,23). The van der Waals surface area contributed by atoms with Crippen molar-refractivity contribution in [1.29, 1.82) is 0 Å². The van der Waals surface area contributed by atoms with E-state index in [9.17, 15) is 9.59 Å². The third kappa shape index (κ3) is 6.85. The molecule has 0 unspecified atom stereocenters. The lowest BCUT2D eigenvalue weighted by atomic mass is 10.1. The third-order valence-electron chi connectivity index (χ3n) is 3.58. The number of nitrogens with one attached hydrogen (secondary N) is 1. The van der Waals surface area contributed by atoms with Crippen LogP contribution in [0.15, 0.2) is 48.5 Å². The van der Waals surface area contributed by atoms with E-state index in [-0.39, 0.29) is 5.91 Å². The second-order valence-electron chi connectivity index (χ2n) is 5.57. The van der Waals surface area contributed by atoms with Gasteiger partial charge < -0.3 is 15.8 Å². The normalized spacial score (nSPS) is 10.3. The summed E-state index contributed by atoms with van der Waals surface area (Å²) in [7, 11) is 0. The molecule has 0 bridgehead atoms. The number of hydrogen-bond acceptors (Lipinski definition) is 3. The summed E-state index contributed by atoms with van der Waals surface area (Å²) in [6.07, 6.45) is 1.68. The second kappa shape index (κ2) is 9.69. The number of carbonyl (C=O) groups excluding carboxylic acids is 2. The maximum absolute atomic E-state index is 11.8. The molecule has 0 fully saturated rings. The lowest BCUT2D eigenvalue weighted by Crippen LogP contribution is -2.25.